The Labute approximate surface area is 111 Å². The Hall–Kier alpha value is -1.02. The second-order valence-electron chi connectivity index (χ2n) is 4.02. The fraction of sp³-hybridized carbons (Fsp3) is 0.143. The van der Waals surface area contributed by atoms with Crippen LogP contribution in [0, 0.1) is 6.92 Å². The highest BCUT2D eigenvalue weighted by Gasteiger charge is 2.11. The maximum atomic E-state index is 10.2. The van der Waals surface area contributed by atoms with Gasteiger partial charge in [0.05, 0.1) is 0 Å². The first-order chi connectivity index (χ1) is 8.06. The van der Waals surface area contributed by atoms with Crippen molar-refractivity contribution in [2.75, 3.05) is 0 Å². The molecular weight excluding hydrogens is 255 g/mol. The Kier molecular flexibility index (Phi) is 3.72. The summed E-state index contributed by atoms with van der Waals surface area (Å²) in [4.78, 5) is 0. The molecule has 0 saturated carbocycles. The van der Waals surface area contributed by atoms with Crippen LogP contribution < -0.4 is 0 Å². The van der Waals surface area contributed by atoms with E-state index in [4.69, 9.17) is 23.2 Å². The van der Waals surface area contributed by atoms with Gasteiger partial charge in [0.15, 0.2) is 0 Å². The number of halogens is 2. The monoisotopic (exact) mass is 266 g/mol. The fourth-order valence-electron chi connectivity index (χ4n) is 1.67. The average molecular weight is 267 g/mol. The maximum absolute atomic E-state index is 10.2. The zero-order valence-electron chi connectivity index (χ0n) is 9.32. The average Bonchev–Trinajstić information content (AvgIpc) is 2.28. The van der Waals surface area contributed by atoms with Crippen molar-refractivity contribution in [3.63, 3.8) is 0 Å². The number of aryl methyl sites for hydroxylation is 1. The minimum atomic E-state index is -0.702. The highest BCUT2D eigenvalue weighted by atomic mass is 35.5. The normalized spacial score (nSPS) is 12.5. The first-order valence-corrected chi connectivity index (χ1v) is 6.02. The molecule has 0 heterocycles. The molecule has 0 spiro atoms. The minimum Gasteiger partial charge on any atom is -0.384 e. The molecule has 17 heavy (non-hydrogen) atoms. The van der Waals surface area contributed by atoms with Crippen LogP contribution in [-0.4, -0.2) is 5.11 Å². The highest BCUT2D eigenvalue weighted by molar-refractivity contribution is 6.34. The van der Waals surface area contributed by atoms with Gasteiger partial charge in [-0.05, 0) is 36.2 Å². The van der Waals surface area contributed by atoms with Crippen molar-refractivity contribution in [2.24, 2.45) is 0 Å². The Morgan fingerprint density at radius 3 is 1.94 bits per heavy atom. The van der Waals surface area contributed by atoms with Gasteiger partial charge < -0.3 is 5.11 Å². The van der Waals surface area contributed by atoms with Crippen molar-refractivity contribution in [2.45, 2.75) is 13.0 Å². The third-order valence-electron chi connectivity index (χ3n) is 2.59. The van der Waals surface area contributed by atoms with Crippen molar-refractivity contribution >= 4 is 23.2 Å². The molecule has 1 atom stereocenters. The van der Waals surface area contributed by atoms with Crippen LogP contribution in [0.1, 0.15) is 22.8 Å². The smallest absolute Gasteiger partial charge is 0.104 e. The first-order valence-electron chi connectivity index (χ1n) is 5.27. The molecule has 0 saturated heterocycles. The molecule has 0 aromatic heterocycles. The molecule has 0 aliphatic rings. The number of hydrogen-bond donors (Lipinski definition) is 1. The lowest BCUT2D eigenvalue weighted by Gasteiger charge is -2.12. The second-order valence-corrected chi connectivity index (χ2v) is 4.89. The molecule has 0 fully saturated rings. The molecule has 2 rings (SSSR count). The van der Waals surface area contributed by atoms with Crippen LogP contribution in [0.5, 0.6) is 0 Å². The van der Waals surface area contributed by atoms with Crippen molar-refractivity contribution in [1.82, 2.24) is 0 Å². The Balaban J connectivity index is 2.36. The summed E-state index contributed by atoms with van der Waals surface area (Å²) in [5.74, 6) is 0. The van der Waals surface area contributed by atoms with Crippen LogP contribution in [0.25, 0.3) is 0 Å². The lowest BCUT2D eigenvalue weighted by atomic mass is 10.0. The Morgan fingerprint density at radius 1 is 0.882 bits per heavy atom. The minimum absolute atomic E-state index is 0.527. The molecule has 0 aliphatic carbocycles. The van der Waals surface area contributed by atoms with Crippen LogP contribution in [0.4, 0.5) is 0 Å². The molecule has 0 amide bonds. The largest absolute Gasteiger partial charge is 0.384 e. The quantitative estimate of drug-likeness (QED) is 0.855. The standard InChI is InChI=1S/C14H12Cl2O/c1-9-2-4-10(5-3-9)14(17)11-6-12(15)8-13(16)7-11/h2-8,14,17H,1H3. The molecule has 1 N–H and O–H groups in total. The molecule has 0 bridgehead atoms. The summed E-state index contributed by atoms with van der Waals surface area (Å²) in [6.45, 7) is 2.01. The lowest BCUT2D eigenvalue weighted by Crippen LogP contribution is -1.99. The first kappa shape index (κ1) is 12.4. The van der Waals surface area contributed by atoms with Gasteiger partial charge in [-0.15, -0.1) is 0 Å². The van der Waals surface area contributed by atoms with Gasteiger partial charge in [-0.25, -0.2) is 0 Å². The van der Waals surface area contributed by atoms with E-state index >= 15 is 0 Å². The number of rotatable bonds is 2. The molecule has 0 radical (unpaired) electrons. The van der Waals surface area contributed by atoms with E-state index in [0.717, 1.165) is 11.1 Å². The molecule has 1 nitrogen and oxygen atoms in total. The SMILES string of the molecule is Cc1ccc(C(O)c2cc(Cl)cc(Cl)c2)cc1. The zero-order chi connectivity index (χ0) is 12.4. The number of benzene rings is 2. The van der Waals surface area contributed by atoms with E-state index < -0.39 is 6.10 Å². The topological polar surface area (TPSA) is 20.2 Å². The molecule has 88 valence electrons. The van der Waals surface area contributed by atoms with E-state index in [1.165, 1.54) is 0 Å². The summed E-state index contributed by atoms with van der Waals surface area (Å²) in [6, 6.07) is 12.8. The van der Waals surface area contributed by atoms with E-state index in [1.54, 1.807) is 18.2 Å². The summed E-state index contributed by atoms with van der Waals surface area (Å²) >= 11 is 11.8. The van der Waals surface area contributed by atoms with Crippen molar-refractivity contribution in [3.05, 3.63) is 69.2 Å². The summed E-state index contributed by atoms with van der Waals surface area (Å²) in [5.41, 5.74) is 2.69. The van der Waals surface area contributed by atoms with Crippen LogP contribution in [0.15, 0.2) is 42.5 Å². The van der Waals surface area contributed by atoms with E-state index in [2.05, 4.69) is 0 Å². The van der Waals surface area contributed by atoms with Crippen molar-refractivity contribution < 1.29 is 5.11 Å². The zero-order valence-corrected chi connectivity index (χ0v) is 10.8. The van der Waals surface area contributed by atoms with Crippen LogP contribution in [-0.2, 0) is 0 Å². The molecule has 2 aromatic carbocycles. The van der Waals surface area contributed by atoms with Gasteiger partial charge >= 0.3 is 0 Å². The van der Waals surface area contributed by atoms with Gasteiger partial charge in [0, 0.05) is 10.0 Å². The van der Waals surface area contributed by atoms with Crippen LogP contribution in [0.3, 0.4) is 0 Å². The van der Waals surface area contributed by atoms with E-state index in [-0.39, 0.29) is 0 Å². The van der Waals surface area contributed by atoms with Crippen molar-refractivity contribution in [1.29, 1.82) is 0 Å². The lowest BCUT2D eigenvalue weighted by molar-refractivity contribution is 0.220. The van der Waals surface area contributed by atoms with Gasteiger partial charge in [0.1, 0.15) is 6.10 Å². The van der Waals surface area contributed by atoms with Crippen LogP contribution >= 0.6 is 23.2 Å². The predicted molar refractivity (Wildman–Crippen MR) is 71.7 cm³/mol. The van der Waals surface area contributed by atoms with E-state index in [0.29, 0.717) is 15.6 Å². The highest BCUT2D eigenvalue weighted by Crippen LogP contribution is 2.27. The summed E-state index contributed by atoms with van der Waals surface area (Å²) in [7, 11) is 0. The molecule has 0 aliphatic heterocycles. The number of aliphatic hydroxyl groups is 1. The van der Waals surface area contributed by atoms with Gasteiger partial charge in [-0.1, -0.05) is 53.0 Å². The van der Waals surface area contributed by atoms with Crippen molar-refractivity contribution in [3.8, 4) is 0 Å². The number of hydrogen-bond acceptors (Lipinski definition) is 1. The Bertz CT molecular complexity index is 500. The van der Waals surface area contributed by atoms with Crippen LogP contribution in [0.2, 0.25) is 10.0 Å². The van der Waals surface area contributed by atoms with Gasteiger partial charge in [0.25, 0.3) is 0 Å². The van der Waals surface area contributed by atoms with E-state index in [1.807, 2.05) is 31.2 Å². The second kappa shape index (κ2) is 5.09. The predicted octanol–water partition coefficient (Wildman–Crippen LogP) is 4.38. The van der Waals surface area contributed by atoms with Gasteiger partial charge in [-0.3, -0.25) is 0 Å². The Morgan fingerprint density at radius 2 is 1.41 bits per heavy atom. The molecule has 1 unspecified atom stereocenters. The summed E-state index contributed by atoms with van der Waals surface area (Å²) in [5, 5.41) is 11.3. The fourth-order valence-corrected chi connectivity index (χ4v) is 2.22. The third kappa shape index (κ3) is 3.01. The van der Waals surface area contributed by atoms with Gasteiger partial charge in [0.2, 0.25) is 0 Å². The maximum Gasteiger partial charge on any atom is 0.104 e. The summed E-state index contributed by atoms with van der Waals surface area (Å²) in [6.07, 6.45) is -0.702. The molecule has 3 heteroatoms. The third-order valence-corrected chi connectivity index (χ3v) is 3.03. The summed E-state index contributed by atoms with van der Waals surface area (Å²) < 4.78 is 0. The molecular formula is C14H12Cl2O. The molecule has 2 aromatic rings. The number of aliphatic hydroxyl groups excluding tert-OH is 1. The van der Waals surface area contributed by atoms with Gasteiger partial charge in [-0.2, -0.15) is 0 Å². The van der Waals surface area contributed by atoms with E-state index in [9.17, 15) is 5.11 Å².